The van der Waals surface area contributed by atoms with Crippen LogP contribution in [0.3, 0.4) is 0 Å². The largest absolute Gasteiger partial charge is 0.481 e. The summed E-state index contributed by atoms with van der Waals surface area (Å²) in [5.41, 5.74) is -0.404. The van der Waals surface area contributed by atoms with E-state index in [0.29, 0.717) is 13.1 Å². The molecule has 2 fully saturated rings. The summed E-state index contributed by atoms with van der Waals surface area (Å²) in [5, 5.41) is 9.11. The van der Waals surface area contributed by atoms with Gasteiger partial charge in [-0.15, -0.1) is 0 Å². The average molecular weight is 326 g/mol. The van der Waals surface area contributed by atoms with Gasteiger partial charge in [0.15, 0.2) is 0 Å². The van der Waals surface area contributed by atoms with Gasteiger partial charge in [-0.2, -0.15) is 0 Å². The summed E-state index contributed by atoms with van der Waals surface area (Å²) < 4.78 is 5.44. The highest BCUT2D eigenvalue weighted by atomic mass is 16.6. The van der Waals surface area contributed by atoms with Gasteiger partial charge in [0.05, 0.1) is 5.92 Å². The first-order valence-electron chi connectivity index (χ1n) is 8.56. The van der Waals surface area contributed by atoms with Gasteiger partial charge < -0.3 is 14.7 Å². The highest BCUT2D eigenvalue weighted by Crippen LogP contribution is 2.32. The van der Waals surface area contributed by atoms with Crippen LogP contribution in [0.25, 0.3) is 0 Å². The minimum absolute atomic E-state index is 0.0575. The number of carbonyl (C=O) groups is 2. The Bertz CT molecular complexity index is 442. The first-order valence-corrected chi connectivity index (χ1v) is 8.56. The van der Waals surface area contributed by atoms with Crippen molar-refractivity contribution < 1.29 is 19.4 Å². The predicted octanol–water partition coefficient (Wildman–Crippen LogP) is 2.57. The molecule has 0 aromatic heterocycles. The zero-order valence-electron chi connectivity index (χ0n) is 14.8. The zero-order chi connectivity index (χ0) is 17.3. The summed E-state index contributed by atoms with van der Waals surface area (Å²) in [6, 6.07) is 0. The van der Waals surface area contributed by atoms with E-state index >= 15 is 0 Å². The Hall–Kier alpha value is -1.30. The molecule has 0 aliphatic carbocycles. The van der Waals surface area contributed by atoms with Gasteiger partial charge in [-0.25, -0.2) is 4.79 Å². The van der Waals surface area contributed by atoms with Crippen LogP contribution in [0.15, 0.2) is 0 Å². The van der Waals surface area contributed by atoms with E-state index in [1.165, 1.54) is 0 Å². The van der Waals surface area contributed by atoms with Crippen LogP contribution < -0.4 is 0 Å². The molecule has 2 heterocycles. The second-order valence-electron chi connectivity index (χ2n) is 8.06. The molecule has 6 heteroatoms. The van der Waals surface area contributed by atoms with Crippen molar-refractivity contribution >= 4 is 12.1 Å². The van der Waals surface area contributed by atoms with Crippen LogP contribution in [0, 0.1) is 5.92 Å². The third kappa shape index (κ3) is 4.59. The maximum absolute atomic E-state index is 12.1. The SMILES string of the molecule is CC(C)(C)OC(=O)N1CCC(C)(N2CCC(C(=O)O)CC2)CC1. The lowest BCUT2D eigenvalue weighted by Gasteiger charge is -2.48. The van der Waals surface area contributed by atoms with Gasteiger partial charge in [0.25, 0.3) is 0 Å². The molecule has 1 amide bonds. The maximum atomic E-state index is 12.1. The van der Waals surface area contributed by atoms with Crippen LogP contribution in [0.5, 0.6) is 0 Å². The fourth-order valence-electron chi connectivity index (χ4n) is 3.48. The molecule has 2 aliphatic rings. The smallest absolute Gasteiger partial charge is 0.410 e. The van der Waals surface area contributed by atoms with E-state index in [4.69, 9.17) is 9.84 Å². The highest BCUT2D eigenvalue weighted by Gasteiger charge is 2.39. The summed E-state index contributed by atoms with van der Waals surface area (Å²) in [7, 11) is 0. The summed E-state index contributed by atoms with van der Waals surface area (Å²) >= 11 is 0. The topological polar surface area (TPSA) is 70.1 Å². The van der Waals surface area contributed by atoms with Crippen LogP contribution in [0.1, 0.15) is 53.4 Å². The number of hydrogen-bond donors (Lipinski definition) is 1. The quantitative estimate of drug-likeness (QED) is 0.844. The number of carboxylic acid groups (broad SMARTS) is 1. The number of aliphatic carboxylic acids is 1. The van der Waals surface area contributed by atoms with Gasteiger partial charge in [-0.1, -0.05) is 0 Å². The molecular formula is C17H30N2O4. The molecule has 0 bridgehead atoms. The van der Waals surface area contributed by atoms with E-state index in [9.17, 15) is 9.59 Å². The van der Waals surface area contributed by atoms with Crippen LogP contribution >= 0.6 is 0 Å². The lowest BCUT2D eigenvalue weighted by atomic mass is 9.84. The van der Waals surface area contributed by atoms with Crippen LogP contribution in [0.2, 0.25) is 0 Å². The van der Waals surface area contributed by atoms with E-state index in [1.54, 1.807) is 4.90 Å². The number of amides is 1. The maximum Gasteiger partial charge on any atom is 0.410 e. The molecule has 0 saturated carbocycles. The number of nitrogens with zero attached hydrogens (tertiary/aromatic N) is 2. The standard InChI is InChI=1S/C17H30N2O4/c1-16(2,3)23-15(22)18-11-7-17(4,8-12-18)19-9-5-13(6-10-19)14(20)21/h13H,5-12H2,1-4H3,(H,20,21). The van der Waals surface area contributed by atoms with Gasteiger partial charge in [0, 0.05) is 18.6 Å². The molecule has 132 valence electrons. The van der Waals surface area contributed by atoms with Gasteiger partial charge in [-0.05, 0) is 66.5 Å². The fraction of sp³-hybridized carbons (Fsp3) is 0.882. The van der Waals surface area contributed by atoms with Gasteiger partial charge in [-0.3, -0.25) is 9.69 Å². The second kappa shape index (κ2) is 6.67. The van der Waals surface area contributed by atoms with Crippen molar-refractivity contribution in [3.8, 4) is 0 Å². The molecule has 2 saturated heterocycles. The fourth-order valence-corrected chi connectivity index (χ4v) is 3.48. The summed E-state index contributed by atoms with van der Waals surface area (Å²) in [6.07, 6.45) is 3.03. The Labute approximate surface area is 138 Å². The van der Waals surface area contributed by atoms with Crippen molar-refractivity contribution in [2.75, 3.05) is 26.2 Å². The molecule has 2 aliphatic heterocycles. The normalized spacial score (nSPS) is 23.6. The van der Waals surface area contributed by atoms with E-state index in [0.717, 1.165) is 38.8 Å². The van der Waals surface area contributed by atoms with Crippen molar-refractivity contribution in [2.45, 2.75) is 64.5 Å². The summed E-state index contributed by atoms with van der Waals surface area (Å²) in [4.78, 5) is 27.4. The second-order valence-corrected chi connectivity index (χ2v) is 8.06. The van der Waals surface area contributed by atoms with Crippen LogP contribution in [0.4, 0.5) is 4.79 Å². The monoisotopic (exact) mass is 326 g/mol. The first-order chi connectivity index (χ1) is 10.6. The Morgan fingerprint density at radius 2 is 1.61 bits per heavy atom. The highest BCUT2D eigenvalue weighted by molar-refractivity contribution is 5.70. The van der Waals surface area contributed by atoms with Crippen molar-refractivity contribution in [3.63, 3.8) is 0 Å². The summed E-state index contributed by atoms with van der Waals surface area (Å²) in [5.74, 6) is -0.869. The minimum atomic E-state index is -0.672. The average Bonchev–Trinajstić information content (AvgIpc) is 2.46. The molecule has 2 rings (SSSR count). The van der Waals surface area contributed by atoms with E-state index in [2.05, 4.69) is 11.8 Å². The number of piperidine rings is 2. The van der Waals surface area contributed by atoms with Gasteiger partial charge in [0.1, 0.15) is 5.60 Å². The number of carboxylic acids is 1. The Kier molecular flexibility index (Phi) is 5.23. The first kappa shape index (κ1) is 18.0. The molecule has 0 unspecified atom stereocenters. The van der Waals surface area contributed by atoms with E-state index in [-0.39, 0.29) is 17.6 Å². The molecule has 0 spiro atoms. The molecule has 0 atom stereocenters. The molecule has 0 radical (unpaired) electrons. The minimum Gasteiger partial charge on any atom is -0.481 e. The summed E-state index contributed by atoms with van der Waals surface area (Å²) in [6.45, 7) is 10.9. The van der Waals surface area contributed by atoms with E-state index in [1.807, 2.05) is 20.8 Å². The van der Waals surface area contributed by atoms with Crippen molar-refractivity contribution in [2.24, 2.45) is 5.92 Å². The van der Waals surface area contributed by atoms with Gasteiger partial charge >= 0.3 is 12.1 Å². The third-order valence-corrected chi connectivity index (χ3v) is 5.10. The van der Waals surface area contributed by atoms with Crippen LogP contribution in [-0.4, -0.2) is 64.3 Å². The number of ether oxygens (including phenoxy) is 1. The third-order valence-electron chi connectivity index (χ3n) is 5.10. The van der Waals surface area contributed by atoms with Crippen molar-refractivity contribution in [1.29, 1.82) is 0 Å². The molecule has 0 aromatic rings. The molecular weight excluding hydrogens is 296 g/mol. The Morgan fingerprint density at radius 3 is 2.04 bits per heavy atom. The Morgan fingerprint density at radius 1 is 1.09 bits per heavy atom. The van der Waals surface area contributed by atoms with Crippen molar-refractivity contribution in [1.82, 2.24) is 9.80 Å². The molecule has 23 heavy (non-hydrogen) atoms. The van der Waals surface area contributed by atoms with E-state index < -0.39 is 11.6 Å². The lowest BCUT2D eigenvalue weighted by Crippen LogP contribution is -2.57. The molecule has 1 N–H and O–H groups in total. The Balaban J connectivity index is 1.85. The number of hydrogen-bond acceptors (Lipinski definition) is 4. The molecule has 6 nitrogen and oxygen atoms in total. The predicted molar refractivity (Wildman–Crippen MR) is 87.4 cm³/mol. The van der Waals surface area contributed by atoms with Gasteiger partial charge in [0.2, 0.25) is 0 Å². The number of rotatable bonds is 2. The number of carbonyl (C=O) groups excluding carboxylic acids is 1. The van der Waals surface area contributed by atoms with Crippen LogP contribution in [-0.2, 0) is 9.53 Å². The van der Waals surface area contributed by atoms with Crippen molar-refractivity contribution in [3.05, 3.63) is 0 Å². The number of likely N-dealkylation sites (tertiary alicyclic amines) is 2. The lowest BCUT2D eigenvalue weighted by molar-refractivity contribution is -0.144. The molecule has 0 aromatic carbocycles. The zero-order valence-corrected chi connectivity index (χ0v) is 14.8.